The van der Waals surface area contributed by atoms with Crippen molar-refractivity contribution in [1.82, 2.24) is 9.97 Å². The van der Waals surface area contributed by atoms with Crippen molar-refractivity contribution in [1.29, 1.82) is 10.5 Å². The molecule has 0 saturated heterocycles. The average molecular weight is 690 g/mol. The van der Waals surface area contributed by atoms with E-state index < -0.39 is 12.1 Å². The van der Waals surface area contributed by atoms with Gasteiger partial charge in [-0.25, -0.2) is 10.5 Å². The minimum Gasteiger partial charge on any atom is -0.812 e. The molecular weight excluding hydrogens is 667 g/mol. The van der Waals surface area contributed by atoms with Gasteiger partial charge in [-0.05, 0) is 24.3 Å². The van der Waals surface area contributed by atoms with Crippen molar-refractivity contribution in [3.05, 3.63) is 143 Å². The van der Waals surface area contributed by atoms with Gasteiger partial charge in [-0.15, -0.1) is 0 Å². The molecule has 4 amide bonds. The summed E-state index contributed by atoms with van der Waals surface area (Å²) in [6.45, 7) is 0. The Morgan fingerprint density at radius 1 is 0.614 bits per heavy atom. The molecule has 2 radical (unpaired) electrons. The van der Waals surface area contributed by atoms with Crippen LogP contribution in [0.4, 0.5) is 9.59 Å². The summed E-state index contributed by atoms with van der Waals surface area (Å²) >= 11 is 0. The van der Waals surface area contributed by atoms with Crippen LogP contribution in [0.25, 0.3) is 10.9 Å². The van der Waals surface area contributed by atoms with E-state index in [1.165, 1.54) is 0 Å². The monoisotopic (exact) mass is 688 g/mol. The Morgan fingerprint density at radius 3 is 1.16 bits per heavy atom. The Hall–Kier alpha value is -5.76. The quantitative estimate of drug-likeness (QED) is 0.131. The zero-order valence-corrected chi connectivity index (χ0v) is 24.2. The molecule has 14 nitrogen and oxygen atoms in total. The first-order valence-corrected chi connectivity index (χ1v) is 11.5. The summed E-state index contributed by atoms with van der Waals surface area (Å²) in [6.07, 6.45) is 4.30. The molecule has 16 heteroatoms. The van der Waals surface area contributed by atoms with E-state index in [0.29, 0.717) is 35.3 Å². The van der Waals surface area contributed by atoms with Crippen LogP contribution >= 0.6 is 0 Å². The number of rotatable bonds is 6. The molecule has 0 aliphatic rings. The second-order valence-corrected chi connectivity index (χ2v) is 7.12. The van der Waals surface area contributed by atoms with Gasteiger partial charge < -0.3 is 32.5 Å². The third-order valence-corrected chi connectivity index (χ3v) is 4.41. The molecule has 0 aliphatic carbocycles. The fraction of sp³-hybridized carbons (Fsp3) is 0. The zero-order valence-electron chi connectivity index (χ0n) is 22.4. The normalized spacial score (nSPS) is 9.32. The SMILES string of the molecule is N#C[O-].N#C[O-].NC(=O)[N-]/N=C(\c1ccccc1)c1ccccn1.NC(=O)[N-]/N=C(\c1ccccc1)c1ccccn1.[Cu+2].[Cu+2]. The maximum absolute atomic E-state index is 10.7. The van der Waals surface area contributed by atoms with Crippen LogP contribution in [0.1, 0.15) is 22.5 Å². The van der Waals surface area contributed by atoms with Gasteiger partial charge in [-0.3, -0.25) is 29.8 Å². The number of benzene rings is 2. The molecule has 0 saturated carbocycles. The summed E-state index contributed by atoms with van der Waals surface area (Å²) in [7, 11) is 0. The van der Waals surface area contributed by atoms with E-state index in [2.05, 4.69) is 31.0 Å². The predicted octanol–water partition coefficient (Wildman–Crippen LogP) is 2.22. The summed E-state index contributed by atoms with van der Waals surface area (Å²) < 4.78 is 0. The van der Waals surface area contributed by atoms with Crippen molar-refractivity contribution >= 4 is 23.5 Å². The Labute approximate surface area is 274 Å². The fourth-order valence-electron chi connectivity index (χ4n) is 2.91. The van der Waals surface area contributed by atoms with Gasteiger partial charge in [0.1, 0.15) is 0 Å². The number of nitrogens with two attached hydrogens (primary N) is 2. The van der Waals surface area contributed by atoms with Gasteiger partial charge in [-0.1, -0.05) is 72.8 Å². The summed E-state index contributed by atoms with van der Waals surface area (Å²) in [6, 6.07) is 27.9. The third-order valence-electron chi connectivity index (χ3n) is 4.41. The van der Waals surface area contributed by atoms with Crippen LogP contribution < -0.4 is 21.7 Å². The smallest absolute Gasteiger partial charge is 0.812 e. The average Bonchev–Trinajstić information content (AvgIpc) is 3.00. The van der Waals surface area contributed by atoms with E-state index in [9.17, 15) is 9.59 Å². The Kier molecular flexibility index (Phi) is 22.9. The molecule has 0 bridgehead atoms. The van der Waals surface area contributed by atoms with Gasteiger partial charge in [0.15, 0.2) is 12.1 Å². The molecule has 4 N–H and O–H groups in total. The maximum Gasteiger partial charge on any atom is 2.00 e. The third kappa shape index (κ3) is 16.5. The number of pyridine rings is 2. The Bertz CT molecular complexity index is 1320. The van der Waals surface area contributed by atoms with Crippen LogP contribution in [-0.4, -0.2) is 33.5 Å². The van der Waals surface area contributed by atoms with Crippen LogP contribution in [0.2, 0.25) is 0 Å². The van der Waals surface area contributed by atoms with E-state index in [1.807, 2.05) is 72.8 Å². The van der Waals surface area contributed by atoms with Gasteiger partial charge in [0.25, 0.3) is 0 Å². The number of nitriles is 2. The number of nitrogens with zero attached hydrogens (tertiary/aromatic N) is 8. The van der Waals surface area contributed by atoms with E-state index in [-0.39, 0.29) is 34.1 Å². The second-order valence-electron chi connectivity index (χ2n) is 7.12. The van der Waals surface area contributed by atoms with Gasteiger partial charge in [-0.2, -0.15) is 0 Å². The van der Waals surface area contributed by atoms with E-state index in [4.69, 9.17) is 32.2 Å². The predicted molar refractivity (Wildman–Crippen MR) is 150 cm³/mol. The number of primary amides is 2. The molecule has 0 atom stereocenters. The van der Waals surface area contributed by atoms with Crippen LogP contribution in [0.3, 0.4) is 0 Å². The molecule has 0 spiro atoms. The van der Waals surface area contributed by atoms with Gasteiger partial charge in [0, 0.05) is 36.0 Å². The zero-order chi connectivity index (χ0) is 31.0. The van der Waals surface area contributed by atoms with Crippen molar-refractivity contribution in [2.24, 2.45) is 21.7 Å². The molecular formula is C28H22Cu2N10O4. The number of aromatic nitrogens is 2. The van der Waals surface area contributed by atoms with Crippen LogP contribution in [-0.2, 0) is 34.1 Å². The number of urea groups is 2. The van der Waals surface area contributed by atoms with E-state index in [0.717, 1.165) is 11.1 Å². The Morgan fingerprint density at radius 2 is 0.909 bits per heavy atom. The molecule has 2 aromatic carbocycles. The summed E-state index contributed by atoms with van der Waals surface area (Å²) in [4.78, 5) is 29.8. The maximum atomic E-state index is 10.7. The molecule has 230 valence electrons. The molecule has 4 rings (SSSR count). The molecule has 0 aliphatic heterocycles. The first kappa shape index (κ1) is 40.4. The second kappa shape index (κ2) is 25.0. The van der Waals surface area contributed by atoms with E-state index >= 15 is 0 Å². The molecule has 4 aromatic rings. The van der Waals surface area contributed by atoms with Crippen LogP contribution in [0.5, 0.6) is 0 Å². The van der Waals surface area contributed by atoms with Crippen molar-refractivity contribution in [2.45, 2.75) is 0 Å². The van der Waals surface area contributed by atoms with Gasteiger partial charge in [0.05, 0.1) is 22.8 Å². The molecule has 0 fully saturated rings. The van der Waals surface area contributed by atoms with Gasteiger partial charge >= 0.3 is 34.1 Å². The number of hydrogen-bond acceptors (Lipinski definition) is 10. The number of hydrogen-bond donors (Lipinski definition) is 2. The topological polar surface area (TPSA) is 259 Å². The van der Waals surface area contributed by atoms with Crippen molar-refractivity contribution in [3.8, 4) is 12.5 Å². The molecule has 2 heterocycles. The standard InChI is InChI=1S/2C13H12N4O.2CHNO.2Cu/c2*14-13(18)17-16-12(10-6-2-1-3-7-10)11-8-4-5-9-15-11;2*2-1-3;;/h2*1-9H,(H3,14,15,17,18);2*3H;;/q;;;;2*+2/p-4. The first-order valence-electron chi connectivity index (χ1n) is 11.5. The largest absolute Gasteiger partial charge is 2.00 e. The van der Waals surface area contributed by atoms with Gasteiger partial charge in [0.2, 0.25) is 0 Å². The minimum absolute atomic E-state index is 0. The number of carbonyl (C=O) groups is 2. The summed E-state index contributed by atoms with van der Waals surface area (Å²) in [5.74, 6) is 0. The van der Waals surface area contributed by atoms with Crippen molar-refractivity contribution in [2.75, 3.05) is 0 Å². The summed E-state index contributed by atoms with van der Waals surface area (Å²) in [5.41, 5.74) is 20.6. The van der Waals surface area contributed by atoms with Crippen molar-refractivity contribution < 1.29 is 53.9 Å². The van der Waals surface area contributed by atoms with E-state index in [1.54, 1.807) is 36.7 Å². The van der Waals surface area contributed by atoms with Crippen LogP contribution in [0, 0.1) is 23.0 Å². The van der Waals surface area contributed by atoms with Crippen LogP contribution in [0.15, 0.2) is 120 Å². The first-order chi connectivity index (χ1) is 20.4. The molecule has 2 aromatic heterocycles. The number of carbonyl (C=O) groups excluding carboxylic acids is 2. The Balaban J connectivity index is 0. The fourth-order valence-corrected chi connectivity index (χ4v) is 2.91. The van der Waals surface area contributed by atoms with Crippen molar-refractivity contribution in [3.63, 3.8) is 0 Å². The molecule has 44 heavy (non-hydrogen) atoms. The number of amides is 4. The minimum atomic E-state index is -0.834. The molecule has 0 unspecified atom stereocenters. The summed E-state index contributed by atoms with van der Waals surface area (Å²) in [5, 5.41) is 37.7.